The summed E-state index contributed by atoms with van der Waals surface area (Å²) in [6.07, 6.45) is 4.40. The summed E-state index contributed by atoms with van der Waals surface area (Å²) >= 11 is 1.74. The van der Waals surface area contributed by atoms with Gasteiger partial charge in [-0.15, -0.1) is 11.3 Å². The molecule has 0 radical (unpaired) electrons. The van der Waals surface area contributed by atoms with Crippen molar-refractivity contribution in [1.29, 1.82) is 0 Å². The summed E-state index contributed by atoms with van der Waals surface area (Å²) < 4.78 is 1.90. The molecule has 1 aliphatic heterocycles. The van der Waals surface area contributed by atoms with Gasteiger partial charge in [-0.1, -0.05) is 13.0 Å². The zero-order valence-electron chi connectivity index (χ0n) is 12.7. The molecule has 3 heterocycles. The van der Waals surface area contributed by atoms with Gasteiger partial charge in [0.2, 0.25) is 0 Å². The number of thiophene rings is 1. The Kier molecular flexibility index (Phi) is 4.15. The number of piperidine rings is 1. The molecule has 3 rings (SSSR count). The van der Waals surface area contributed by atoms with E-state index >= 15 is 0 Å². The minimum atomic E-state index is 0.0452. The van der Waals surface area contributed by atoms with Crippen LogP contribution in [0.4, 0.5) is 0 Å². The maximum absolute atomic E-state index is 9.60. The second-order valence-corrected chi connectivity index (χ2v) is 7.38. The molecule has 1 unspecified atom stereocenters. The highest BCUT2D eigenvalue weighted by molar-refractivity contribution is 7.13. The molecule has 0 aromatic carbocycles. The molecule has 114 valence electrons. The van der Waals surface area contributed by atoms with Gasteiger partial charge in [-0.2, -0.15) is 5.10 Å². The van der Waals surface area contributed by atoms with Crippen LogP contribution >= 0.6 is 11.3 Å². The lowest BCUT2D eigenvalue weighted by Crippen LogP contribution is -2.43. The third-order valence-corrected chi connectivity index (χ3v) is 5.17. The number of aliphatic hydroxyl groups excluding tert-OH is 1. The number of nitrogens with zero attached hydrogens (tertiary/aromatic N) is 3. The quantitative estimate of drug-likeness (QED) is 0.944. The molecule has 4 nitrogen and oxygen atoms in total. The topological polar surface area (TPSA) is 41.3 Å². The van der Waals surface area contributed by atoms with Crippen molar-refractivity contribution in [3.8, 4) is 10.6 Å². The van der Waals surface area contributed by atoms with E-state index in [-0.39, 0.29) is 12.0 Å². The van der Waals surface area contributed by atoms with E-state index in [4.69, 9.17) is 0 Å². The summed E-state index contributed by atoms with van der Waals surface area (Å²) in [5.41, 5.74) is 2.43. The van der Waals surface area contributed by atoms with Crippen molar-refractivity contribution in [3.63, 3.8) is 0 Å². The average Bonchev–Trinajstić information content (AvgIpc) is 3.08. The Morgan fingerprint density at radius 1 is 1.48 bits per heavy atom. The standard InChI is InChI=1S/C16H23N3OS/c1-16(12-20)6-4-7-19(11-16)10-13-9-18(2)17-15(13)14-5-3-8-21-14/h3,5,8-9,20H,4,6-7,10-12H2,1-2H3. The molecule has 2 aromatic heterocycles. The lowest BCUT2D eigenvalue weighted by Gasteiger charge is -2.39. The summed E-state index contributed by atoms with van der Waals surface area (Å²) in [7, 11) is 1.98. The van der Waals surface area contributed by atoms with Crippen LogP contribution in [0.2, 0.25) is 0 Å². The van der Waals surface area contributed by atoms with Crippen LogP contribution in [0.1, 0.15) is 25.3 Å². The largest absolute Gasteiger partial charge is 0.396 e. The molecule has 1 fully saturated rings. The van der Waals surface area contributed by atoms with E-state index in [1.807, 2.05) is 11.7 Å². The highest BCUT2D eigenvalue weighted by Gasteiger charge is 2.30. The Morgan fingerprint density at radius 2 is 2.33 bits per heavy atom. The summed E-state index contributed by atoms with van der Waals surface area (Å²) in [6, 6.07) is 4.20. The lowest BCUT2D eigenvalue weighted by atomic mass is 9.82. The maximum atomic E-state index is 9.60. The fourth-order valence-electron chi connectivity index (χ4n) is 3.21. The summed E-state index contributed by atoms with van der Waals surface area (Å²) in [5.74, 6) is 0. The first-order valence-corrected chi connectivity index (χ1v) is 8.37. The van der Waals surface area contributed by atoms with Crippen molar-refractivity contribution < 1.29 is 5.11 Å². The third-order valence-electron chi connectivity index (χ3n) is 4.29. The normalized spacial score (nSPS) is 23.6. The van der Waals surface area contributed by atoms with E-state index in [0.717, 1.165) is 38.2 Å². The number of rotatable bonds is 4. The van der Waals surface area contributed by atoms with Crippen LogP contribution in [0.3, 0.4) is 0 Å². The molecule has 0 bridgehead atoms. The van der Waals surface area contributed by atoms with E-state index in [1.54, 1.807) is 11.3 Å². The Labute approximate surface area is 130 Å². The molecule has 0 saturated carbocycles. The predicted octanol–water partition coefficient (Wildman–Crippen LogP) is 2.74. The molecule has 1 N–H and O–H groups in total. The smallest absolute Gasteiger partial charge is 0.107 e. The Morgan fingerprint density at radius 3 is 3.05 bits per heavy atom. The second kappa shape index (κ2) is 5.91. The Bertz CT molecular complexity index is 593. The summed E-state index contributed by atoms with van der Waals surface area (Å²) in [5, 5.41) is 16.3. The van der Waals surface area contributed by atoms with Gasteiger partial charge in [0, 0.05) is 43.9 Å². The number of aliphatic hydroxyl groups is 1. The van der Waals surface area contributed by atoms with Gasteiger partial charge in [-0.25, -0.2) is 0 Å². The highest BCUT2D eigenvalue weighted by atomic mass is 32.1. The van der Waals surface area contributed by atoms with Crippen molar-refractivity contribution in [3.05, 3.63) is 29.3 Å². The molecule has 0 aliphatic carbocycles. The zero-order chi connectivity index (χ0) is 14.9. The second-order valence-electron chi connectivity index (χ2n) is 6.44. The van der Waals surface area contributed by atoms with Gasteiger partial charge in [0.25, 0.3) is 0 Å². The van der Waals surface area contributed by atoms with Crippen LogP contribution in [0.15, 0.2) is 23.7 Å². The van der Waals surface area contributed by atoms with Crippen molar-refractivity contribution in [1.82, 2.24) is 14.7 Å². The number of aromatic nitrogens is 2. The van der Waals surface area contributed by atoms with Crippen molar-refractivity contribution in [2.75, 3.05) is 19.7 Å². The molecule has 21 heavy (non-hydrogen) atoms. The van der Waals surface area contributed by atoms with Gasteiger partial charge < -0.3 is 5.11 Å². The predicted molar refractivity (Wildman–Crippen MR) is 86.2 cm³/mol. The number of likely N-dealkylation sites (tertiary alicyclic amines) is 1. The number of aryl methyl sites for hydroxylation is 1. The zero-order valence-corrected chi connectivity index (χ0v) is 13.6. The molecular formula is C16H23N3OS. The minimum Gasteiger partial charge on any atom is -0.396 e. The molecule has 0 spiro atoms. The minimum absolute atomic E-state index is 0.0452. The number of hydrogen-bond acceptors (Lipinski definition) is 4. The van der Waals surface area contributed by atoms with Crippen molar-refractivity contribution in [2.24, 2.45) is 12.5 Å². The summed E-state index contributed by atoms with van der Waals surface area (Å²) in [6.45, 7) is 5.43. The molecule has 1 saturated heterocycles. The van der Waals surface area contributed by atoms with E-state index in [9.17, 15) is 5.11 Å². The van der Waals surface area contributed by atoms with E-state index in [1.165, 1.54) is 10.4 Å². The first-order chi connectivity index (χ1) is 10.1. The molecule has 5 heteroatoms. The van der Waals surface area contributed by atoms with Crippen LogP contribution in [0.5, 0.6) is 0 Å². The molecule has 2 aromatic rings. The molecular weight excluding hydrogens is 282 g/mol. The van der Waals surface area contributed by atoms with Crippen LogP contribution in [0, 0.1) is 5.41 Å². The first-order valence-electron chi connectivity index (χ1n) is 7.49. The monoisotopic (exact) mass is 305 g/mol. The van der Waals surface area contributed by atoms with Gasteiger partial charge in [0.05, 0.1) is 4.88 Å². The fraction of sp³-hybridized carbons (Fsp3) is 0.562. The van der Waals surface area contributed by atoms with E-state index < -0.39 is 0 Å². The first kappa shape index (κ1) is 14.8. The molecule has 0 amide bonds. The van der Waals surface area contributed by atoms with E-state index in [0.29, 0.717) is 0 Å². The summed E-state index contributed by atoms with van der Waals surface area (Å²) in [4.78, 5) is 3.68. The van der Waals surface area contributed by atoms with E-state index in [2.05, 4.69) is 40.6 Å². The van der Waals surface area contributed by atoms with Crippen LogP contribution < -0.4 is 0 Å². The SMILES string of the molecule is Cn1cc(CN2CCCC(C)(CO)C2)c(-c2cccs2)n1. The number of hydrogen-bond donors (Lipinski definition) is 1. The molecule has 1 atom stereocenters. The van der Waals surface area contributed by atoms with Crippen LogP contribution in [-0.2, 0) is 13.6 Å². The highest BCUT2D eigenvalue weighted by Crippen LogP contribution is 2.32. The van der Waals surface area contributed by atoms with Crippen LogP contribution in [0.25, 0.3) is 10.6 Å². The maximum Gasteiger partial charge on any atom is 0.107 e. The fourth-order valence-corrected chi connectivity index (χ4v) is 3.95. The van der Waals surface area contributed by atoms with Crippen LogP contribution in [-0.4, -0.2) is 39.5 Å². The Hall–Kier alpha value is -1.17. The van der Waals surface area contributed by atoms with Gasteiger partial charge in [0.15, 0.2) is 0 Å². The van der Waals surface area contributed by atoms with Crippen molar-refractivity contribution in [2.45, 2.75) is 26.3 Å². The van der Waals surface area contributed by atoms with Gasteiger partial charge in [-0.3, -0.25) is 9.58 Å². The van der Waals surface area contributed by atoms with Gasteiger partial charge in [-0.05, 0) is 30.8 Å². The average molecular weight is 305 g/mol. The Balaban J connectivity index is 1.79. The molecule has 1 aliphatic rings. The van der Waals surface area contributed by atoms with Gasteiger partial charge in [0.1, 0.15) is 5.69 Å². The van der Waals surface area contributed by atoms with Crippen molar-refractivity contribution >= 4 is 11.3 Å². The van der Waals surface area contributed by atoms with Gasteiger partial charge >= 0.3 is 0 Å². The lowest BCUT2D eigenvalue weighted by molar-refractivity contribution is 0.0430. The third kappa shape index (κ3) is 3.20.